The number of phenolic OH excluding ortho intramolecular Hbond substituents is 1. The van der Waals surface area contributed by atoms with E-state index in [9.17, 15) is 9.90 Å². The van der Waals surface area contributed by atoms with Gasteiger partial charge in [-0.15, -0.1) is 0 Å². The lowest BCUT2D eigenvalue weighted by molar-refractivity contribution is 0.0953. The quantitative estimate of drug-likeness (QED) is 0.490. The summed E-state index contributed by atoms with van der Waals surface area (Å²) in [5.74, 6) is 1.24. The van der Waals surface area contributed by atoms with Gasteiger partial charge in [0.15, 0.2) is 11.5 Å². The number of amides is 1. The molecule has 3 N–H and O–H groups in total. The van der Waals surface area contributed by atoms with Crippen LogP contribution in [0.25, 0.3) is 0 Å². The standard InChI is InChI=1S/C24H28N2O3/c1-3-4-12-25-24(28)16-8-10-20-19(13-16)17-6-5-7-18(17)23(26-20)15-9-11-21(27)22(14-15)29-2/h5-6,8-11,13-14,17-18,23,26-27H,3-4,7,12H2,1-2H3,(H,25,28). The number of allylic oxidation sites excluding steroid dienone is 2. The average Bonchev–Trinajstić information content (AvgIpc) is 3.23. The van der Waals surface area contributed by atoms with Crippen LogP contribution in [0.15, 0.2) is 48.6 Å². The predicted molar refractivity (Wildman–Crippen MR) is 115 cm³/mol. The van der Waals surface area contributed by atoms with Crippen molar-refractivity contribution in [2.45, 2.75) is 38.1 Å². The molecule has 3 atom stereocenters. The first-order valence-corrected chi connectivity index (χ1v) is 10.3. The van der Waals surface area contributed by atoms with E-state index in [1.165, 1.54) is 5.56 Å². The summed E-state index contributed by atoms with van der Waals surface area (Å²) in [7, 11) is 1.56. The number of aromatic hydroxyl groups is 1. The summed E-state index contributed by atoms with van der Waals surface area (Å²) in [6, 6.07) is 11.6. The second-order valence-corrected chi connectivity index (χ2v) is 7.82. The van der Waals surface area contributed by atoms with Crippen LogP contribution in [-0.2, 0) is 0 Å². The molecular formula is C24H28N2O3. The number of rotatable bonds is 6. The summed E-state index contributed by atoms with van der Waals surface area (Å²) in [6.07, 6.45) is 7.51. The SMILES string of the molecule is CCCCNC(=O)c1ccc2c(c1)C1C=CCC1C(c1ccc(O)c(OC)c1)N2. The van der Waals surface area contributed by atoms with Crippen molar-refractivity contribution >= 4 is 11.6 Å². The maximum absolute atomic E-state index is 12.5. The van der Waals surface area contributed by atoms with Gasteiger partial charge in [0.1, 0.15) is 0 Å². The molecule has 0 radical (unpaired) electrons. The number of carbonyl (C=O) groups excluding carboxylic acids is 1. The lowest BCUT2D eigenvalue weighted by Crippen LogP contribution is -2.30. The summed E-state index contributed by atoms with van der Waals surface area (Å²) in [5, 5.41) is 16.6. The van der Waals surface area contributed by atoms with Crippen molar-refractivity contribution in [2.75, 3.05) is 19.0 Å². The Balaban J connectivity index is 1.63. The highest BCUT2D eigenvalue weighted by molar-refractivity contribution is 5.95. The maximum atomic E-state index is 12.5. The number of ether oxygens (including phenoxy) is 1. The summed E-state index contributed by atoms with van der Waals surface area (Å²) in [4.78, 5) is 12.5. The van der Waals surface area contributed by atoms with Gasteiger partial charge in [-0.2, -0.15) is 0 Å². The van der Waals surface area contributed by atoms with Crippen molar-refractivity contribution < 1.29 is 14.6 Å². The van der Waals surface area contributed by atoms with Crippen LogP contribution < -0.4 is 15.4 Å². The first-order chi connectivity index (χ1) is 14.1. The molecule has 2 aromatic rings. The first-order valence-electron chi connectivity index (χ1n) is 10.3. The maximum Gasteiger partial charge on any atom is 0.251 e. The average molecular weight is 392 g/mol. The lowest BCUT2D eigenvalue weighted by atomic mass is 9.76. The Morgan fingerprint density at radius 3 is 2.93 bits per heavy atom. The Morgan fingerprint density at radius 2 is 2.14 bits per heavy atom. The van der Waals surface area contributed by atoms with E-state index in [4.69, 9.17) is 4.74 Å². The molecule has 4 rings (SSSR count). The highest BCUT2D eigenvalue weighted by Crippen LogP contribution is 2.50. The largest absolute Gasteiger partial charge is 0.504 e. The van der Waals surface area contributed by atoms with Crippen molar-refractivity contribution in [1.29, 1.82) is 0 Å². The van der Waals surface area contributed by atoms with Gasteiger partial charge in [-0.05, 0) is 60.2 Å². The third-order valence-corrected chi connectivity index (χ3v) is 6.00. The number of carbonyl (C=O) groups is 1. The molecule has 2 aliphatic rings. The Morgan fingerprint density at radius 1 is 1.28 bits per heavy atom. The molecule has 0 saturated carbocycles. The molecular weight excluding hydrogens is 364 g/mol. The Labute approximate surface area is 171 Å². The van der Waals surface area contributed by atoms with Gasteiger partial charge in [-0.1, -0.05) is 31.6 Å². The minimum absolute atomic E-state index is 0.00910. The van der Waals surface area contributed by atoms with Gasteiger partial charge in [0.05, 0.1) is 13.2 Å². The fraction of sp³-hybridized carbons (Fsp3) is 0.375. The van der Waals surface area contributed by atoms with Crippen molar-refractivity contribution in [1.82, 2.24) is 5.32 Å². The summed E-state index contributed by atoms with van der Waals surface area (Å²) < 4.78 is 5.30. The van der Waals surface area contributed by atoms with Gasteiger partial charge in [-0.3, -0.25) is 4.79 Å². The van der Waals surface area contributed by atoms with Crippen LogP contribution in [0.4, 0.5) is 5.69 Å². The normalized spacial score (nSPS) is 21.8. The number of methoxy groups -OCH3 is 1. The van der Waals surface area contributed by atoms with Crippen LogP contribution in [-0.4, -0.2) is 24.7 Å². The summed E-state index contributed by atoms with van der Waals surface area (Å²) >= 11 is 0. The Bertz CT molecular complexity index is 938. The number of phenols is 1. The fourth-order valence-corrected chi connectivity index (χ4v) is 4.43. The van der Waals surface area contributed by atoms with Gasteiger partial charge in [0.2, 0.25) is 0 Å². The van der Waals surface area contributed by atoms with E-state index < -0.39 is 0 Å². The van der Waals surface area contributed by atoms with E-state index in [1.54, 1.807) is 13.2 Å². The number of fused-ring (bicyclic) bond motifs is 3. The number of hydrogen-bond donors (Lipinski definition) is 3. The second-order valence-electron chi connectivity index (χ2n) is 7.82. The lowest BCUT2D eigenvalue weighted by Gasteiger charge is -2.37. The van der Waals surface area contributed by atoms with Crippen LogP contribution in [0.5, 0.6) is 11.5 Å². The molecule has 1 amide bonds. The zero-order valence-electron chi connectivity index (χ0n) is 16.9. The molecule has 1 heterocycles. The van der Waals surface area contributed by atoms with E-state index in [-0.39, 0.29) is 23.6 Å². The van der Waals surface area contributed by atoms with E-state index in [0.29, 0.717) is 23.8 Å². The van der Waals surface area contributed by atoms with Crippen LogP contribution in [0.2, 0.25) is 0 Å². The van der Waals surface area contributed by atoms with E-state index >= 15 is 0 Å². The van der Waals surface area contributed by atoms with Gasteiger partial charge in [0.25, 0.3) is 5.91 Å². The van der Waals surface area contributed by atoms with E-state index in [1.807, 2.05) is 30.3 Å². The Kier molecular flexibility index (Phi) is 5.47. The van der Waals surface area contributed by atoms with Crippen LogP contribution in [0.3, 0.4) is 0 Å². The fourth-order valence-electron chi connectivity index (χ4n) is 4.43. The monoisotopic (exact) mass is 392 g/mol. The van der Waals surface area contributed by atoms with Gasteiger partial charge >= 0.3 is 0 Å². The predicted octanol–water partition coefficient (Wildman–Crippen LogP) is 4.76. The minimum Gasteiger partial charge on any atom is -0.504 e. The molecule has 152 valence electrons. The third-order valence-electron chi connectivity index (χ3n) is 6.00. The van der Waals surface area contributed by atoms with E-state index in [0.717, 1.165) is 30.5 Å². The van der Waals surface area contributed by atoms with Gasteiger partial charge < -0.3 is 20.5 Å². The molecule has 0 spiro atoms. The highest BCUT2D eigenvalue weighted by atomic mass is 16.5. The summed E-state index contributed by atoms with van der Waals surface area (Å²) in [5.41, 5.74) is 4.03. The second kappa shape index (κ2) is 8.19. The van der Waals surface area contributed by atoms with Crippen LogP contribution in [0, 0.1) is 5.92 Å². The van der Waals surface area contributed by atoms with Crippen molar-refractivity contribution in [2.24, 2.45) is 5.92 Å². The molecule has 2 aromatic carbocycles. The number of hydrogen-bond acceptors (Lipinski definition) is 4. The molecule has 3 unspecified atom stereocenters. The topological polar surface area (TPSA) is 70.6 Å². The van der Waals surface area contributed by atoms with Crippen LogP contribution >= 0.6 is 0 Å². The number of anilines is 1. The molecule has 0 saturated heterocycles. The number of unbranched alkanes of at least 4 members (excludes halogenated alkanes) is 1. The number of benzene rings is 2. The first kappa shape index (κ1) is 19.4. The third kappa shape index (κ3) is 3.69. The molecule has 1 aliphatic carbocycles. The molecule has 29 heavy (non-hydrogen) atoms. The highest BCUT2D eigenvalue weighted by Gasteiger charge is 2.38. The zero-order chi connectivity index (χ0) is 20.4. The van der Waals surface area contributed by atoms with Gasteiger partial charge in [-0.25, -0.2) is 0 Å². The molecule has 5 nitrogen and oxygen atoms in total. The van der Waals surface area contributed by atoms with E-state index in [2.05, 4.69) is 29.7 Å². The van der Waals surface area contributed by atoms with Crippen molar-refractivity contribution in [3.8, 4) is 11.5 Å². The molecule has 5 heteroatoms. The van der Waals surface area contributed by atoms with Crippen LogP contribution in [0.1, 0.15) is 59.6 Å². The Hall–Kier alpha value is -2.95. The molecule has 0 aromatic heterocycles. The summed E-state index contributed by atoms with van der Waals surface area (Å²) in [6.45, 7) is 2.82. The molecule has 0 bridgehead atoms. The zero-order valence-corrected chi connectivity index (χ0v) is 16.9. The molecule has 0 fully saturated rings. The van der Waals surface area contributed by atoms with Crippen molar-refractivity contribution in [3.63, 3.8) is 0 Å². The number of nitrogens with one attached hydrogen (secondary N) is 2. The smallest absolute Gasteiger partial charge is 0.251 e. The minimum atomic E-state index is -0.00910. The molecule has 1 aliphatic heterocycles. The van der Waals surface area contributed by atoms with Crippen molar-refractivity contribution in [3.05, 3.63) is 65.2 Å². The van der Waals surface area contributed by atoms with Gasteiger partial charge in [0, 0.05) is 23.7 Å².